The third-order valence-electron chi connectivity index (χ3n) is 5.43. The minimum atomic E-state index is -0.569. The van der Waals surface area contributed by atoms with Crippen LogP contribution >= 0.6 is 0 Å². The third kappa shape index (κ3) is 4.48. The number of methoxy groups -OCH3 is 1. The van der Waals surface area contributed by atoms with E-state index in [0.29, 0.717) is 19.0 Å². The SMILES string of the molecule is COc1ccc(C2CCN(C(=O)CC(N)=O)CC2)cc1OC1CCCC1. The molecule has 26 heavy (non-hydrogen) atoms. The van der Waals surface area contributed by atoms with Crippen LogP contribution in [0.1, 0.15) is 56.4 Å². The van der Waals surface area contributed by atoms with Gasteiger partial charge in [-0.25, -0.2) is 0 Å². The van der Waals surface area contributed by atoms with Crippen LogP contribution in [0.5, 0.6) is 11.5 Å². The average molecular weight is 360 g/mol. The fourth-order valence-corrected chi connectivity index (χ4v) is 3.95. The number of carbonyl (C=O) groups is 2. The van der Waals surface area contributed by atoms with E-state index in [1.54, 1.807) is 12.0 Å². The standard InChI is InChI=1S/C20H28N2O4/c1-25-17-7-6-15(12-18(17)26-16-4-2-3-5-16)14-8-10-22(11-9-14)20(24)13-19(21)23/h6-7,12,14,16H,2-5,8-11,13H2,1H3,(H2,21,23). The summed E-state index contributed by atoms with van der Waals surface area (Å²) in [5, 5.41) is 0. The van der Waals surface area contributed by atoms with E-state index in [2.05, 4.69) is 12.1 Å². The molecule has 1 heterocycles. The van der Waals surface area contributed by atoms with Gasteiger partial charge in [0.25, 0.3) is 0 Å². The number of benzene rings is 1. The number of amides is 2. The van der Waals surface area contributed by atoms with Crippen molar-refractivity contribution in [2.45, 2.75) is 57.0 Å². The molecular weight excluding hydrogens is 332 g/mol. The Morgan fingerprint density at radius 3 is 2.42 bits per heavy atom. The van der Waals surface area contributed by atoms with Crippen LogP contribution in [0, 0.1) is 0 Å². The molecule has 0 spiro atoms. The fraction of sp³-hybridized carbons (Fsp3) is 0.600. The average Bonchev–Trinajstić information content (AvgIpc) is 3.14. The van der Waals surface area contributed by atoms with Gasteiger partial charge in [-0.05, 0) is 62.1 Å². The Balaban J connectivity index is 1.64. The minimum absolute atomic E-state index is 0.170. The molecule has 1 aliphatic carbocycles. The molecule has 2 N–H and O–H groups in total. The van der Waals surface area contributed by atoms with E-state index in [4.69, 9.17) is 15.2 Å². The summed E-state index contributed by atoms with van der Waals surface area (Å²) in [7, 11) is 1.67. The highest BCUT2D eigenvalue weighted by atomic mass is 16.5. The summed E-state index contributed by atoms with van der Waals surface area (Å²) < 4.78 is 11.7. The molecule has 1 saturated heterocycles. The highest BCUT2D eigenvalue weighted by Gasteiger charge is 2.26. The molecule has 0 aromatic heterocycles. The number of piperidine rings is 1. The van der Waals surface area contributed by atoms with E-state index in [9.17, 15) is 9.59 Å². The Kier molecular flexibility index (Phi) is 6.01. The normalized spacial score (nSPS) is 18.7. The topological polar surface area (TPSA) is 81.9 Å². The third-order valence-corrected chi connectivity index (χ3v) is 5.43. The maximum Gasteiger partial charge on any atom is 0.231 e. The first-order chi connectivity index (χ1) is 12.6. The number of hydrogen-bond donors (Lipinski definition) is 1. The van der Waals surface area contributed by atoms with Gasteiger partial charge in [-0.1, -0.05) is 6.07 Å². The van der Waals surface area contributed by atoms with Gasteiger partial charge in [0.05, 0.1) is 13.2 Å². The van der Waals surface area contributed by atoms with E-state index in [0.717, 1.165) is 37.2 Å². The van der Waals surface area contributed by atoms with Crippen molar-refractivity contribution in [2.75, 3.05) is 20.2 Å². The lowest BCUT2D eigenvalue weighted by Gasteiger charge is -2.32. The highest BCUT2D eigenvalue weighted by molar-refractivity contribution is 5.96. The summed E-state index contributed by atoms with van der Waals surface area (Å²) in [4.78, 5) is 24.6. The molecule has 142 valence electrons. The van der Waals surface area contributed by atoms with Crippen LogP contribution in [0.4, 0.5) is 0 Å². The van der Waals surface area contributed by atoms with Crippen LogP contribution in [0.3, 0.4) is 0 Å². The number of likely N-dealkylation sites (tertiary alicyclic amines) is 1. The highest BCUT2D eigenvalue weighted by Crippen LogP contribution is 2.37. The smallest absolute Gasteiger partial charge is 0.231 e. The van der Waals surface area contributed by atoms with E-state index in [1.165, 1.54) is 18.4 Å². The van der Waals surface area contributed by atoms with Crippen LogP contribution in [0.25, 0.3) is 0 Å². The molecular formula is C20H28N2O4. The van der Waals surface area contributed by atoms with Gasteiger partial charge in [0.1, 0.15) is 6.42 Å². The zero-order valence-electron chi connectivity index (χ0n) is 15.4. The Bertz CT molecular complexity index is 647. The second-order valence-corrected chi connectivity index (χ2v) is 7.23. The zero-order chi connectivity index (χ0) is 18.5. The molecule has 1 aromatic rings. The van der Waals surface area contributed by atoms with Crippen molar-refractivity contribution < 1.29 is 19.1 Å². The first-order valence-electron chi connectivity index (χ1n) is 9.47. The number of primary amides is 1. The molecule has 2 fully saturated rings. The molecule has 0 unspecified atom stereocenters. The number of carbonyl (C=O) groups excluding carboxylic acids is 2. The maximum absolute atomic E-state index is 12.0. The first-order valence-corrected chi connectivity index (χ1v) is 9.47. The Morgan fingerprint density at radius 2 is 1.81 bits per heavy atom. The van der Waals surface area contributed by atoms with Gasteiger partial charge >= 0.3 is 0 Å². The van der Waals surface area contributed by atoms with Crippen molar-refractivity contribution in [2.24, 2.45) is 5.73 Å². The summed E-state index contributed by atoms with van der Waals surface area (Å²) in [6.45, 7) is 1.31. The van der Waals surface area contributed by atoms with Gasteiger partial charge in [-0.2, -0.15) is 0 Å². The lowest BCUT2D eigenvalue weighted by Crippen LogP contribution is -2.39. The zero-order valence-corrected chi connectivity index (χ0v) is 15.4. The Morgan fingerprint density at radius 1 is 1.12 bits per heavy atom. The molecule has 0 radical (unpaired) electrons. The van der Waals surface area contributed by atoms with Gasteiger partial charge in [-0.3, -0.25) is 9.59 Å². The molecule has 6 heteroatoms. The number of hydrogen-bond acceptors (Lipinski definition) is 4. The van der Waals surface area contributed by atoms with E-state index in [-0.39, 0.29) is 18.4 Å². The monoisotopic (exact) mass is 360 g/mol. The maximum atomic E-state index is 12.0. The summed E-state index contributed by atoms with van der Waals surface area (Å²) in [5.74, 6) is 1.24. The first kappa shape index (κ1) is 18.5. The van der Waals surface area contributed by atoms with Gasteiger partial charge < -0.3 is 20.1 Å². The minimum Gasteiger partial charge on any atom is -0.493 e. The van der Waals surface area contributed by atoms with Crippen LogP contribution in [0.15, 0.2) is 18.2 Å². The van der Waals surface area contributed by atoms with Crippen molar-refractivity contribution in [3.05, 3.63) is 23.8 Å². The van der Waals surface area contributed by atoms with E-state index >= 15 is 0 Å². The number of rotatable bonds is 6. The Hall–Kier alpha value is -2.24. The lowest BCUT2D eigenvalue weighted by atomic mass is 9.89. The van der Waals surface area contributed by atoms with Crippen molar-refractivity contribution in [1.82, 2.24) is 4.90 Å². The second-order valence-electron chi connectivity index (χ2n) is 7.23. The number of ether oxygens (including phenoxy) is 2. The van der Waals surface area contributed by atoms with Crippen LogP contribution < -0.4 is 15.2 Å². The second kappa shape index (κ2) is 8.43. The molecule has 6 nitrogen and oxygen atoms in total. The molecule has 2 amide bonds. The summed E-state index contributed by atoms with van der Waals surface area (Å²) in [6.07, 6.45) is 6.50. The molecule has 0 atom stereocenters. The van der Waals surface area contributed by atoms with Gasteiger partial charge in [0.2, 0.25) is 11.8 Å². The quantitative estimate of drug-likeness (QED) is 0.791. The van der Waals surface area contributed by atoms with Crippen molar-refractivity contribution in [1.29, 1.82) is 0 Å². The largest absolute Gasteiger partial charge is 0.493 e. The van der Waals surface area contributed by atoms with E-state index < -0.39 is 5.91 Å². The van der Waals surface area contributed by atoms with Crippen LogP contribution in [-0.2, 0) is 9.59 Å². The fourth-order valence-electron chi connectivity index (χ4n) is 3.95. The molecule has 1 saturated carbocycles. The molecule has 2 aliphatic rings. The van der Waals surface area contributed by atoms with Gasteiger partial charge in [0, 0.05) is 13.1 Å². The lowest BCUT2D eigenvalue weighted by molar-refractivity contribution is -0.135. The number of nitrogens with zero attached hydrogens (tertiary/aromatic N) is 1. The van der Waals surface area contributed by atoms with Crippen LogP contribution in [0.2, 0.25) is 0 Å². The van der Waals surface area contributed by atoms with Crippen molar-refractivity contribution in [3.8, 4) is 11.5 Å². The molecule has 1 aromatic carbocycles. The Labute approximate surface area is 154 Å². The number of nitrogens with two attached hydrogens (primary N) is 1. The van der Waals surface area contributed by atoms with Crippen molar-refractivity contribution in [3.63, 3.8) is 0 Å². The van der Waals surface area contributed by atoms with Crippen molar-refractivity contribution >= 4 is 11.8 Å². The molecule has 0 bridgehead atoms. The summed E-state index contributed by atoms with van der Waals surface area (Å²) in [5.41, 5.74) is 6.34. The van der Waals surface area contributed by atoms with Gasteiger partial charge in [-0.15, -0.1) is 0 Å². The van der Waals surface area contributed by atoms with Crippen LogP contribution in [-0.4, -0.2) is 43.0 Å². The van der Waals surface area contributed by atoms with E-state index in [1.807, 2.05) is 6.07 Å². The predicted octanol–water partition coefficient (Wildman–Crippen LogP) is 2.60. The molecule has 1 aliphatic heterocycles. The summed E-state index contributed by atoms with van der Waals surface area (Å²) >= 11 is 0. The summed E-state index contributed by atoms with van der Waals surface area (Å²) in [6, 6.07) is 6.17. The predicted molar refractivity (Wildman–Crippen MR) is 98.2 cm³/mol. The molecule has 3 rings (SSSR count). The van der Waals surface area contributed by atoms with Gasteiger partial charge in [0.15, 0.2) is 11.5 Å².